The first-order chi connectivity index (χ1) is 22.1. The number of aryl methyl sites for hydroxylation is 1. The minimum Gasteiger partial charge on any atom is -0.507 e. The van der Waals surface area contributed by atoms with Gasteiger partial charge in [-0.05, 0) is 85.3 Å². The van der Waals surface area contributed by atoms with E-state index < -0.39 is 0 Å². The average molecular weight is 654 g/mol. The lowest BCUT2D eigenvalue weighted by Gasteiger charge is -2.40. The topological polar surface area (TPSA) is 88.5 Å². The van der Waals surface area contributed by atoms with Crippen LogP contribution in [0.4, 0.5) is 0 Å². The van der Waals surface area contributed by atoms with Gasteiger partial charge in [0.2, 0.25) is 0 Å². The number of aromatic hydroxyl groups is 2. The van der Waals surface area contributed by atoms with Crippen LogP contribution in [0.15, 0.2) is 30.3 Å². The minimum atomic E-state index is 0.138. The van der Waals surface area contributed by atoms with Crippen molar-refractivity contribution < 1.29 is 10.2 Å². The van der Waals surface area contributed by atoms with E-state index in [0.29, 0.717) is 58.2 Å². The zero-order valence-corrected chi connectivity index (χ0v) is 30.0. The van der Waals surface area contributed by atoms with Gasteiger partial charge < -0.3 is 10.2 Å². The highest BCUT2D eigenvalue weighted by Gasteiger charge is 2.51. The molecule has 0 spiro atoms. The number of H-pyrrole nitrogens is 1. The molecule has 4 aliphatic rings. The number of phenols is 2. The zero-order valence-electron chi connectivity index (χ0n) is 29.2. The number of aromatic amines is 1. The van der Waals surface area contributed by atoms with Gasteiger partial charge in [-0.3, -0.25) is 14.9 Å². The largest absolute Gasteiger partial charge is 0.507 e. The fourth-order valence-corrected chi connectivity index (χ4v) is 12.1. The molecule has 2 saturated carbocycles. The highest BCUT2D eigenvalue weighted by molar-refractivity contribution is 7.21. The van der Waals surface area contributed by atoms with Gasteiger partial charge in [0.05, 0.1) is 21.3 Å². The number of hydrogen-bond donors (Lipinski definition) is 3. The Bertz CT molecular complexity index is 1840. The molecule has 2 aliphatic heterocycles. The maximum absolute atomic E-state index is 12.2. The van der Waals surface area contributed by atoms with Crippen LogP contribution in [0.2, 0.25) is 0 Å². The number of thiazole rings is 1. The fourth-order valence-electron chi connectivity index (χ4n) is 11.0. The van der Waals surface area contributed by atoms with Gasteiger partial charge in [-0.25, -0.2) is 4.98 Å². The minimum absolute atomic E-state index is 0.138. The summed E-state index contributed by atoms with van der Waals surface area (Å²) in [4.78, 5) is 10.1. The summed E-state index contributed by atoms with van der Waals surface area (Å²) >= 11 is 1.65. The maximum atomic E-state index is 12.2. The van der Waals surface area contributed by atoms with Crippen LogP contribution in [-0.4, -0.2) is 60.4 Å². The monoisotopic (exact) mass is 653 g/mol. The first kappa shape index (κ1) is 31.3. The van der Waals surface area contributed by atoms with Crippen molar-refractivity contribution in [1.29, 1.82) is 0 Å². The molecule has 0 radical (unpaired) electrons. The van der Waals surface area contributed by atoms with Crippen molar-refractivity contribution in [3.05, 3.63) is 47.2 Å². The third-order valence-electron chi connectivity index (χ3n) is 11.9. The van der Waals surface area contributed by atoms with Crippen LogP contribution in [0.25, 0.3) is 32.0 Å². The van der Waals surface area contributed by atoms with E-state index in [1.54, 1.807) is 11.3 Å². The molecule has 47 heavy (non-hydrogen) atoms. The maximum Gasteiger partial charge on any atom is 0.133 e. The van der Waals surface area contributed by atoms with E-state index in [9.17, 15) is 10.2 Å². The summed E-state index contributed by atoms with van der Waals surface area (Å²) < 4.78 is 1.12. The van der Waals surface area contributed by atoms with E-state index >= 15 is 0 Å². The molecule has 4 unspecified atom stereocenters. The van der Waals surface area contributed by atoms with E-state index in [4.69, 9.17) is 10.1 Å². The van der Waals surface area contributed by atoms with Crippen LogP contribution in [-0.2, 0) is 13.1 Å². The van der Waals surface area contributed by atoms with Gasteiger partial charge >= 0.3 is 0 Å². The van der Waals surface area contributed by atoms with Crippen LogP contribution >= 0.6 is 11.3 Å². The molecule has 2 aromatic carbocycles. The first-order valence-electron chi connectivity index (χ1n) is 17.6. The van der Waals surface area contributed by atoms with Gasteiger partial charge in [0.25, 0.3) is 0 Å². The Labute approximate surface area is 283 Å². The molecule has 8 heteroatoms. The Hall–Kier alpha value is -2.94. The lowest BCUT2D eigenvalue weighted by atomic mass is 9.65. The fraction of sp³-hybridized carbons (Fsp3) is 0.590. The number of para-hydroxylation sites is 1. The number of rotatable bonds is 6. The van der Waals surface area contributed by atoms with Gasteiger partial charge in [-0.2, -0.15) is 5.10 Å². The molecule has 7 nitrogen and oxygen atoms in total. The predicted octanol–water partition coefficient (Wildman–Crippen LogP) is 8.87. The van der Waals surface area contributed by atoms with Crippen molar-refractivity contribution in [1.82, 2.24) is 25.0 Å². The molecule has 0 amide bonds. The third-order valence-corrected chi connectivity index (χ3v) is 13.0. The summed E-state index contributed by atoms with van der Waals surface area (Å²) in [6.07, 6.45) is 7.13. The van der Waals surface area contributed by atoms with Crippen molar-refractivity contribution >= 4 is 21.6 Å². The van der Waals surface area contributed by atoms with Crippen LogP contribution in [0, 0.1) is 28.6 Å². The van der Waals surface area contributed by atoms with Crippen LogP contribution < -0.4 is 0 Å². The summed E-state index contributed by atoms with van der Waals surface area (Å²) in [5.74, 6) is 0.385. The SMILES string of the molecule is Cc1[nH]nc(-c2cc(CN3CC4(C)CC3CC(C)(C)C4)c(O)c(CN3CC4(C)CC3CC(C)(C)C4)c2O)c1-c1nc2ccccc2s1. The molecule has 250 valence electrons. The van der Waals surface area contributed by atoms with E-state index in [1.807, 2.05) is 31.2 Å². The molecule has 4 bridgehead atoms. The second-order valence-corrected chi connectivity index (χ2v) is 19.1. The highest BCUT2D eigenvalue weighted by Crippen LogP contribution is 2.55. The van der Waals surface area contributed by atoms with Crippen LogP contribution in [0.1, 0.15) is 96.9 Å². The Morgan fingerprint density at radius 2 is 1.47 bits per heavy atom. The normalized spacial score (nSPS) is 30.0. The van der Waals surface area contributed by atoms with Crippen molar-refractivity contribution in [3.8, 4) is 33.3 Å². The van der Waals surface area contributed by atoms with E-state index in [2.05, 4.69) is 62.5 Å². The summed E-state index contributed by atoms with van der Waals surface area (Å²) in [7, 11) is 0. The van der Waals surface area contributed by atoms with Crippen LogP contribution in [0.3, 0.4) is 0 Å². The summed E-state index contributed by atoms with van der Waals surface area (Å²) in [6.45, 7) is 19.7. The van der Waals surface area contributed by atoms with Crippen molar-refractivity contribution in [2.24, 2.45) is 21.7 Å². The molecular formula is C39H51N5O2S. The summed E-state index contributed by atoms with van der Waals surface area (Å²) in [6, 6.07) is 11.2. The van der Waals surface area contributed by atoms with E-state index in [-0.39, 0.29) is 16.9 Å². The number of aromatic nitrogens is 3. The lowest BCUT2D eigenvalue weighted by Crippen LogP contribution is -2.34. The molecule has 2 aliphatic carbocycles. The number of likely N-dealkylation sites (tertiary alicyclic amines) is 2. The first-order valence-corrected chi connectivity index (χ1v) is 18.4. The lowest BCUT2D eigenvalue weighted by molar-refractivity contribution is 0.126. The van der Waals surface area contributed by atoms with Gasteiger partial charge in [0, 0.05) is 55.1 Å². The Balaban J connectivity index is 1.23. The second-order valence-electron chi connectivity index (χ2n) is 18.1. The van der Waals surface area contributed by atoms with Gasteiger partial charge in [-0.15, -0.1) is 11.3 Å². The number of fused-ring (bicyclic) bond motifs is 5. The molecule has 2 aromatic heterocycles. The molecule has 4 fully saturated rings. The molecular weight excluding hydrogens is 603 g/mol. The summed E-state index contributed by atoms with van der Waals surface area (Å²) in [5.41, 5.74) is 6.84. The van der Waals surface area contributed by atoms with Crippen molar-refractivity contribution in [2.75, 3.05) is 13.1 Å². The second kappa shape index (κ2) is 10.5. The summed E-state index contributed by atoms with van der Waals surface area (Å²) in [5, 5.41) is 33.2. The predicted molar refractivity (Wildman–Crippen MR) is 191 cm³/mol. The molecule has 4 heterocycles. The Morgan fingerprint density at radius 3 is 2.11 bits per heavy atom. The number of phenolic OH excluding ortho intramolecular Hbond substituents is 2. The van der Waals surface area contributed by atoms with Gasteiger partial charge in [-0.1, -0.05) is 53.7 Å². The number of benzene rings is 2. The molecule has 8 rings (SSSR count). The van der Waals surface area contributed by atoms with Crippen LogP contribution in [0.5, 0.6) is 11.5 Å². The van der Waals surface area contributed by atoms with Gasteiger partial charge in [0.1, 0.15) is 22.2 Å². The zero-order chi connectivity index (χ0) is 33.1. The average Bonchev–Trinajstić information content (AvgIpc) is 3.67. The molecule has 3 N–H and O–H groups in total. The Morgan fingerprint density at radius 1 is 0.851 bits per heavy atom. The highest BCUT2D eigenvalue weighted by atomic mass is 32.1. The standard InChI is InChI=1S/C39H51N5O2S/c1-23-31(35-40-29-10-8-9-11-30(29)47-35)32(42-41-23)27-12-24(17-43-21-38(6)15-25(43)13-36(2,3)19-38)33(45)28(34(27)46)18-44-22-39(7)16-26(44)14-37(4,5)20-39/h8-12,25-26,45-46H,13-22H2,1-7H3,(H,41,42). The molecule has 4 aromatic rings. The van der Waals surface area contributed by atoms with Crippen molar-refractivity contribution in [3.63, 3.8) is 0 Å². The van der Waals surface area contributed by atoms with E-state index in [1.165, 1.54) is 32.1 Å². The van der Waals surface area contributed by atoms with E-state index in [0.717, 1.165) is 51.6 Å². The smallest absolute Gasteiger partial charge is 0.133 e. The number of nitrogens with zero attached hydrogens (tertiary/aromatic N) is 4. The quantitative estimate of drug-likeness (QED) is 0.193. The molecule has 4 atom stereocenters. The number of hydrogen-bond acceptors (Lipinski definition) is 7. The third kappa shape index (κ3) is 5.48. The van der Waals surface area contributed by atoms with Gasteiger partial charge in [0.15, 0.2) is 0 Å². The Kier molecular flexibility index (Phi) is 7.02. The molecule has 2 saturated heterocycles. The van der Waals surface area contributed by atoms with Crippen molar-refractivity contribution in [2.45, 2.75) is 112 Å². The number of nitrogens with one attached hydrogen (secondary N) is 1.